The van der Waals surface area contributed by atoms with Crippen molar-refractivity contribution in [2.45, 2.75) is 18.1 Å². The van der Waals surface area contributed by atoms with Gasteiger partial charge < -0.3 is 0 Å². The summed E-state index contributed by atoms with van der Waals surface area (Å²) in [6, 6.07) is 0. The van der Waals surface area contributed by atoms with Gasteiger partial charge in [0.1, 0.15) is 0 Å². The Morgan fingerprint density at radius 3 is 2.88 bits per heavy atom. The van der Waals surface area contributed by atoms with Crippen molar-refractivity contribution in [2.24, 2.45) is 0 Å². The van der Waals surface area contributed by atoms with Crippen LogP contribution in [0.1, 0.15) is 12.8 Å². The third-order valence-corrected chi connectivity index (χ3v) is 3.95. The van der Waals surface area contributed by atoms with Gasteiger partial charge in [-0.2, -0.15) is 23.5 Å². The summed E-state index contributed by atoms with van der Waals surface area (Å²) in [5.74, 6) is 2.79. The second kappa shape index (κ2) is 3.67. The number of hydrogen-bond donors (Lipinski definition) is 0. The summed E-state index contributed by atoms with van der Waals surface area (Å²) in [5, 5.41) is 0.966. The molecule has 48 valence electrons. The van der Waals surface area contributed by atoms with Crippen molar-refractivity contribution in [2.75, 3.05) is 17.8 Å². The Bertz CT molecular complexity index is 57.5. The highest BCUT2D eigenvalue weighted by atomic mass is 32.2. The molecule has 0 bridgehead atoms. The number of hydrogen-bond acceptors (Lipinski definition) is 2. The van der Waals surface area contributed by atoms with E-state index in [-0.39, 0.29) is 0 Å². The molecule has 0 aromatic rings. The third kappa shape index (κ3) is 1.90. The summed E-state index contributed by atoms with van der Waals surface area (Å²) in [4.78, 5) is 0. The summed E-state index contributed by atoms with van der Waals surface area (Å²) in [5.41, 5.74) is 0. The highest BCUT2D eigenvalue weighted by Gasteiger charge is 2.10. The van der Waals surface area contributed by atoms with Crippen LogP contribution in [0.5, 0.6) is 0 Å². The molecule has 1 fully saturated rings. The van der Waals surface area contributed by atoms with Crippen LogP contribution in [0.4, 0.5) is 0 Å². The van der Waals surface area contributed by atoms with Gasteiger partial charge in [-0.15, -0.1) is 0 Å². The van der Waals surface area contributed by atoms with E-state index >= 15 is 0 Å². The minimum absolute atomic E-state index is 0.966. The second-order valence-corrected chi connectivity index (χ2v) is 4.36. The molecule has 2 heteroatoms. The zero-order valence-electron chi connectivity index (χ0n) is 5.22. The van der Waals surface area contributed by atoms with E-state index in [1.165, 1.54) is 24.3 Å². The van der Waals surface area contributed by atoms with Crippen molar-refractivity contribution in [3.8, 4) is 0 Å². The first-order chi connectivity index (χ1) is 3.93. The molecule has 0 N–H and O–H groups in total. The summed E-state index contributed by atoms with van der Waals surface area (Å²) < 4.78 is 0. The molecule has 1 saturated heterocycles. The Balaban J connectivity index is 2.13. The van der Waals surface area contributed by atoms with Crippen LogP contribution >= 0.6 is 23.5 Å². The fourth-order valence-corrected chi connectivity index (χ4v) is 3.10. The number of thioether (sulfide) groups is 2. The zero-order valence-corrected chi connectivity index (χ0v) is 6.86. The van der Waals surface area contributed by atoms with Gasteiger partial charge in [-0.05, 0) is 24.9 Å². The van der Waals surface area contributed by atoms with Gasteiger partial charge in [0.05, 0.1) is 0 Å². The van der Waals surface area contributed by atoms with Gasteiger partial charge in [0, 0.05) is 11.0 Å². The Labute approximate surface area is 59.8 Å². The minimum atomic E-state index is 0.966. The van der Waals surface area contributed by atoms with Crippen LogP contribution < -0.4 is 0 Å². The van der Waals surface area contributed by atoms with Gasteiger partial charge in [-0.3, -0.25) is 0 Å². The van der Waals surface area contributed by atoms with Gasteiger partial charge in [0.2, 0.25) is 0 Å². The molecular formula is C6H12S2. The van der Waals surface area contributed by atoms with E-state index in [1.807, 2.05) is 11.8 Å². The van der Waals surface area contributed by atoms with E-state index in [2.05, 4.69) is 18.0 Å². The average molecular weight is 148 g/mol. The van der Waals surface area contributed by atoms with Gasteiger partial charge in [-0.1, -0.05) is 0 Å². The molecule has 0 aliphatic carbocycles. The standard InChI is InChI=1S/C6H12S2/c1-7-6-3-2-4-8-5-6/h6H,2-5H2,1H3. The quantitative estimate of drug-likeness (QED) is 0.559. The van der Waals surface area contributed by atoms with Crippen LogP contribution in [0.2, 0.25) is 0 Å². The average Bonchev–Trinajstić information content (AvgIpc) is 1.90. The molecule has 1 unspecified atom stereocenters. The number of rotatable bonds is 1. The Hall–Kier alpha value is 0.700. The molecule has 1 rings (SSSR count). The maximum absolute atomic E-state index is 2.22. The molecule has 8 heavy (non-hydrogen) atoms. The summed E-state index contributed by atoms with van der Waals surface area (Å²) in [7, 11) is 0. The summed E-state index contributed by atoms with van der Waals surface area (Å²) in [6.07, 6.45) is 5.11. The largest absolute Gasteiger partial charge is 0.161 e. The minimum Gasteiger partial charge on any atom is -0.161 e. The Morgan fingerprint density at radius 1 is 1.62 bits per heavy atom. The highest BCUT2D eigenvalue weighted by molar-refractivity contribution is 8.03. The van der Waals surface area contributed by atoms with Crippen molar-refractivity contribution >= 4 is 23.5 Å². The molecule has 1 heterocycles. The summed E-state index contributed by atoms with van der Waals surface area (Å²) >= 11 is 4.13. The highest BCUT2D eigenvalue weighted by Crippen LogP contribution is 2.24. The van der Waals surface area contributed by atoms with Crippen LogP contribution in [0.25, 0.3) is 0 Å². The van der Waals surface area contributed by atoms with Crippen molar-refractivity contribution in [3.05, 3.63) is 0 Å². The van der Waals surface area contributed by atoms with E-state index < -0.39 is 0 Å². The Kier molecular flexibility index (Phi) is 3.13. The molecule has 1 aliphatic heterocycles. The van der Waals surface area contributed by atoms with Crippen LogP contribution in [0.15, 0.2) is 0 Å². The van der Waals surface area contributed by atoms with Crippen molar-refractivity contribution in [1.82, 2.24) is 0 Å². The van der Waals surface area contributed by atoms with E-state index in [0.717, 1.165) is 5.25 Å². The molecule has 0 aromatic carbocycles. The van der Waals surface area contributed by atoms with Crippen LogP contribution in [0.3, 0.4) is 0 Å². The van der Waals surface area contributed by atoms with Gasteiger partial charge in [0.15, 0.2) is 0 Å². The van der Waals surface area contributed by atoms with Crippen molar-refractivity contribution in [1.29, 1.82) is 0 Å². The molecule has 1 atom stereocenters. The monoisotopic (exact) mass is 148 g/mol. The first-order valence-corrected chi connectivity index (χ1v) is 5.48. The molecule has 0 nitrogen and oxygen atoms in total. The van der Waals surface area contributed by atoms with E-state index in [1.54, 1.807) is 0 Å². The second-order valence-electron chi connectivity index (χ2n) is 2.07. The van der Waals surface area contributed by atoms with Gasteiger partial charge >= 0.3 is 0 Å². The van der Waals surface area contributed by atoms with Crippen molar-refractivity contribution < 1.29 is 0 Å². The maximum Gasteiger partial charge on any atom is 0.0135 e. The fraction of sp³-hybridized carbons (Fsp3) is 1.00. The smallest absolute Gasteiger partial charge is 0.0135 e. The first-order valence-electron chi connectivity index (χ1n) is 3.04. The fourth-order valence-electron chi connectivity index (χ4n) is 0.897. The van der Waals surface area contributed by atoms with E-state index in [4.69, 9.17) is 0 Å². The van der Waals surface area contributed by atoms with Gasteiger partial charge in [0.25, 0.3) is 0 Å². The predicted octanol–water partition coefficient (Wildman–Crippen LogP) is 2.25. The van der Waals surface area contributed by atoms with Crippen molar-refractivity contribution in [3.63, 3.8) is 0 Å². The maximum atomic E-state index is 2.22. The SMILES string of the molecule is CSC1CCCSC1. The predicted molar refractivity (Wildman–Crippen MR) is 43.9 cm³/mol. The molecule has 0 aromatic heterocycles. The normalized spacial score (nSPS) is 30.4. The topological polar surface area (TPSA) is 0 Å². The van der Waals surface area contributed by atoms with Gasteiger partial charge in [-0.25, -0.2) is 0 Å². The molecular weight excluding hydrogens is 136 g/mol. The third-order valence-electron chi connectivity index (χ3n) is 1.45. The van der Waals surface area contributed by atoms with E-state index in [0.29, 0.717) is 0 Å². The molecule has 0 saturated carbocycles. The molecule has 0 radical (unpaired) electrons. The lowest BCUT2D eigenvalue weighted by atomic mass is 10.3. The molecule has 0 spiro atoms. The van der Waals surface area contributed by atoms with E-state index in [9.17, 15) is 0 Å². The van der Waals surface area contributed by atoms with Crippen LogP contribution in [-0.2, 0) is 0 Å². The summed E-state index contributed by atoms with van der Waals surface area (Å²) in [6.45, 7) is 0. The van der Waals surface area contributed by atoms with Crippen LogP contribution in [-0.4, -0.2) is 23.0 Å². The molecule has 0 amide bonds. The van der Waals surface area contributed by atoms with Crippen LogP contribution in [0, 0.1) is 0 Å². The zero-order chi connectivity index (χ0) is 5.82. The first kappa shape index (κ1) is 6.81. The molecule has 1 aliphatic rings. The Morgan fingerprint density at radius 2 is 2.50 bits per heavy atom. The lowest BCUT2D eigenvalue weighted by Gasteiger charge is -2.18. The lowest BCUT2D eigenvalue weighted by molar-refractivity contribution is 0.781. The lowest BCUT2D eigenvalue weighted by Crippen LogP contribution is -2.11.